The summed E-state index contributed by atoms with van der Waals surface area (Å²) in [5, 5.41) is 4.26. The highest BCUT2D eigenvalue weighted by atomic mass is 16.2. The minimum absolute atomic E-state index is 0.114. The van der Waals surface area contributed by atoms with Crippen LogP contribution in [0.3, 0.4) is 0 Å². The first-order chi connectivity index (χ1) is 10.8. The van der Waals surface area contributed by atoms with Crippen molar-refractivity contribution in [2.75, 3.05) is 32.7 Å². The molecule has 1 aliphatic heterocycles. The molecule has 0 radical (unpaired) electrons. The maximum Gasteiger partial charge on any atom is 0.272 e. The summed E-state index contributed by atoms with van der Waals surface area (Å²) in [4.78, 5) is 17.2. The van der Waals surface area contributed by atoms with E-state index in [1.54, 1.807) is 6.20 Å². The van der Waals surface area contributed by atoms with E-state index in [1.807, 2.05) is 15.6 Å². The van der Waals surface area contributed by atoms with Crippen molar-refractivity contribution in [1.82, 2.24) is 19.6 Å². The van der Waals surface area contributed by atoms with Crippen molar-refractivity contribution in [3.05, 3.63) is 18.0 Å². The average Bonchev–Trinajstić information content (AvgIpc) is 2.82. The number of nitrogens with zero attached hydrogens (tertiary/aromatic N) is 4. The maximum absolute atomic E-state index is 12.7. The number of hydrogen-bond acceptors (Lipinski definition) is 3. The maximum atomic E-state index is 12.7. The lowest BCUT2D eigenvalue weighted by Gasteiger charge is -2.26. The fourth-order valence-corrected chi connectivity index (χ4v) is 3.09. The van der Waals surface area contributed by atoms with Crippen LogP contribution in [0.2, 0.25) is 0 Å². The third kappa shape index (κ3) is 4.57. The van der Waals surface area contributed by atoms with Gasteiger partial charge in [0.2, 0.25) is 0 Å². The first kappa shape index (κ1) is 17.0. The van der Waals surface area contributed by atoms with Crippen LogP contribution in [0.25, 0.3) is 0 Å². The molecule has 0 aromatic carbocycles. The lowest BCUT2D eigenvalue weighted by atomic mass is 10.2. The molecule has 0 N–H and O–H groups in total. The van der Waals surface area contributed by atoms with Gasteiger partial charge in [-0.2, -0.15) is 5.10 Å². The van der Waals surface area contributed by atoms with Gasteiger partial charge in [-0.15, -0.1) is 0 Å². The van der Waals surface area contributed by atoms with E-state index >= 15 is 0 Å². The molecule has 0 unspecified atom stereocenters. The number of rotatable bonds is 7. The predicted molar refractivity (Wildman–Crippen MR) is 89.0 cm³/mol. The molecule has 1 aliphatic rings. The highest BCUT2D eigenvalue weighted by Crippen LogP contribution is 2.10. The zero-order valence-corrected chi connectivity index (χ0v) is 14.1. The molecule has 0 spiro atoms. The topological polar surface area (TPSA) is 41.4 Å². The predicted octanol–water partition coefficient (Wildman–Crippen LogP) is 2.63. The number of aryl methyl sites for hydroxylation is 1. The van der Waals surface area contributed by atoms with Gasteiger partial charge in [0.15, 0.2) is 0 Å². The second-order valence-electron chi connectivity index (χ2n) is 6.08. The highest BCUT2D eigenvalue weighted by molar-refractivity contribution is 5.92. The summed E-state index contributed by atoms with van der Waals surface area (Å²) >= 11 is 0. The number of aromatic nitrogens is 2. The van der Waals surface area contributed by atoms with Crippen molar-refractivity contribution in [3.8, 4) is 0 Å². The molecule has 124 valence electrons. The molecule has 1 aromatic heterocycles. The molecule has 1 fully saturated rings. The molecule has 1 aromatic rings. The molecule has 0 atom stereocenters. The Labute approximate surface area is 134 Å². The van der Waals surface area contributed by atoms with E-state index in [9.17, 15) is 4.79 Å². The summed E-state index contributed by atoms with van der Waals surface area (Å²) in [6, 6.07) is 1.84. The van der Waals surface area contributed by atoms with E-state index in [0.29, 0.717) is 0 Å². The zero-order valence-electron chi connectivity index (χ0n) is 14.1. The molecule has 22 heavy (non-hydrogen) atoms. The van der Waals surface area contributed by atoms with Gasteiger partial charge in [-0.25, -0.2) is 0 Å². The fraction of sp³-hybridized carbons (Fsp3) is 0.765. The molecule has 5 heteroatoms. The Kier molecular flexibility index (Phi) is 6.90. The molecular formula is C17H30N4O. The lowest BCUT2D eigenvalue weighted by molar-refractivity contribution is 0.0732. The van der Waals surface area contributed by atoms with Gasteiger partial charge >= 0.3 is 0 Å². The highest BCUT2D eigenvalue weighted by Gasteiger charge is 2.19. The van der Waals surface area contributed by atoms with Crippen LogP contribution in [0.4, 0.5) is 0 Å². The number of hydrogen-bond donors (Lipinski definition) is 0. The van der Waals surface area contributed by atoms with Gasteiger partial charge in [-0.1, -0.05) is 19.8 Å². The smallest absolute Gasteiger partial charge is 0.272 e. The minimum atomic E-state index is 0.114. The van der Waals surface area contributed by atoms with Gasteiger partial charge in [0.1, 0.15) is 5.69 Å². The molecule has 1 amide bonds. The first-order valence-corrected chi connectivity index (χ1v) is 8.79. The normalized spacial score (nSPS) is 16.5. The Morgan fingerprint density at radius 1 is 1.18 bits per heavy atom. The Bertz CT molecular complexity index is 449. The van der Waals surface area contributed by atoms with Crippen molar-refractivity contribution >= 4 is 5.91 Å². The lowest BCUT2D eigenvalue weighted by Crippen LogP contribution is -2.39. The molecule has 5 nitrogen and oxygen atoms in total. The van der Waals surface area contributed by atoms with Crippen LogP contribution in [0.15, 0.2) is 12.3 Å². The van der Waals surface area contributed by atoms with Crippen molar-refractivity contribution in [2.24, 2.45) is 0 Å². The summed E-state index contributed by atoms with van der Waals surface area (Å²) in [6.45, 7) is 9.88. The minimum Gasteiger partial charge on any atom is -0.336 e. The van der Waals surface area contributed by atoms with Gasteiger partial charge in [-0.3, -0.25) is 9.48 Å². The quantitative estimate of drug-likeness (QED) is 0.777. The third-order valence-corrected chi connectivity index (χ3v) is 4.42. The van der Waals surface area contributed by atoms with E-state index in [1.165, 1.54) is 38.8 Å². The van der Waals surface area contributed by atoms with Crippen molar-refractivity contribution < 1.29 is 4.79 Å². The van der Waals surface area contributed by atoms with Crippen molar-refractivity contribution in [1.29, 1.82) is 0 Å². The van der Waals surface area contributed by atoms with Crippen LogP contribution in [0.5, 0.6) is 0 Å². The van der Waals surface area contributed by atoms with E-state index in [-0.39, 0.29) is 5.91 Å². The van der Waals surface area contributed by atoms with E-state index in [0.717, 1.165) is 38.3 Å². The van der Waals surface area contributed by atoms with Crippen molar-refractivity contribution in [2.45, 2.75) is 52.5 Å². The van der Waals surface area contributed by atoms with E-state index in [2.05, 4.69) is 23.8 Å². The van der Waals surface area contributed by atoms with Crippen LogP contribution in [0, 0.1) is 0 Å². The van der Waals surface area contributed by atoms with Crippen molar-refractivity contribution in [3.63, 3.8) is 0 Å². The van der Waals surface area contributed by atoms with Crippen LogP contribution in [-0.4, -0.2) is 58.2 Å². The van der Waals surface area contributed by atoms with Gasteiger partial charge in [-0.05, 0) is 45.3 Å². The standard InChI is InChI=1S/C17H30N4O/c1-3-11-21-16(9-10-18-21)17(22)20(4-2)15-14-19-12-7-5-6-8-13-19/h9-10H,3-8,11-15H2,1-2H3. The number of likely N-dealkylation sites (N-methyl/N-ethyl adjacent to an activating group) is 1. The molecule has 0 saturated carbocycles. The summed E-state index contributed by atoms with van der Waals surface area (Å²) in [5.41, 5.74) is 0.722. The zero-order chi connectivity index (χ0) is 15.8. The average molecular weight is 306 g/mol. The second-order valence-corrected chi connectivity index (χ2v) is 6.08. The Morgan fingerprint density at radius 3 is 2.55 bits per heavy atom. The van der Waals surface area contributed by atoms with E-state index < -0.39 is 0 Å². The Balaban J connectivity index is 1.92. The number of likely N-dealkylation sites (tertiary alicyclic amines) is 1. The second kappa shape index (κ2) is 8.93. The van der Waals surface area contributed by atoms with Gasteiger partial charge < -0.3 is 9.80 Å². The van der Waals surface area contributed by atoms with Gasteiger partial charge in [0, 0.05) is 32.4 Å². The Morgan fingerprint density at radius 2 is 1.91 bits per heavy atom. The largest absolute Gasteiger partial charge is 0.336 e. The summed E-state index contributed by atoms with van der Waals surface area (Å²) < 4.78 is 1.83. The third-order valence-electron chi connectivity index (χ3n) is 4.42. The SMILES string of the molecule is CCCn1nccc1C(=O)N(CC)CCN1CCCCCC1. The monoisotopic (exact) mass is 306 g/mol. The summed E-state index contributed by atoms with van der Waals surface area (Å²) in [7, 11) is 0. The number of carbonyl (C=O) groups is 1. The first-order valence-electron chi connectivity index (χ1n) is 8.79. The van der Waals surface area contributed by atoms with Gasteiger partial charge in [0.05, 0.1) is 0 Å². The number of carbonyl (C=O) groups excluding carboxylic acids is 1. The molecule has 2 rings (SSSR count). The van der Waals surface area contributed by atoms with Gasteiger partial charge in [0.25, 0.3) is 5.91 Å². The Hall–Kier alpha value is -1.36. The van der Waals surface area contributed by atoms with Crippen LogP contribution >= 0.6 is 0 Å². The summed E-state index contributed by atoms with van der Waals surface area (Å²) in [5.74, 6) is 0.114. The summed E-state index contributed by atoms with van der Waals surface area (Å²) in [6.07, 6.45) is 8.01. The molecule has 2 heterocycles. The van der Waals surface area contributed by atoms with Crippen LogP contribution in [0.1, 0.15) is 56.4 Å². The van der Waals surface area contributed by atoms with Crippen LogP contribution < -0.4 is 0 Å². The number of amides is 1. The molecule has 0 bridgehead atoms. The van der Waals surface area contributed by atoms with E-state index in [4.69, 9.17) is 0 Å². The molecular weight excluding hydrogens is 276 g/mol. The van der Waals surface area contributed by atoms with Crippen LogP contribution in [-0.2, 0) is 6.54 Å². The molecule has 1 saturated heterocycles. The molecule has 0 aliphatic carbocycles. The fourth-order valence-electron chi connectivity index (χ4n) is 3.09.